The van der Waals surface area contributed by atoms with E-state index in [9.17, 15) is 4.79 Å². The molecule has 3 saturated heterocycles. The average molecular weight is 401 g/mol. The van der Waals surface area contributed by atoms with Crippen LogP contribution in [0.2, 0.25) is 0 Å². The van der Waals surface area contributed by atoms with Gasteiger partial charge in [-0.1, -0.05) is 0 Å². The fourth-order valence-corrected chi connectivity index (χ4v) is 6.26. The Balaban J connectivity index is 1.14. The highest BCUT2D eigenvalue weighted by Crippen LogP contribution is 2.46. The van der Waals surface area contributed by atoms with Crippen molar-refractivity contribution in [3.63, 3.8) is 0 Å². The van der Waals surface area contributed by atoms with Crippen molar-refractivity contribution in [1.29, 1.82) is 0 Å². The average Bonchev–Trinajstić information content (AvgIpc) is 3.29. The fraction of sp³-hybridized carbons (Fsp3) is 0.591. The van der Waals surface area contributed by atoms with Crippen LogP contribution in [0.15, 0.2) is 30.5 Å². The molecule has 0 radical (unpaired) electrons. The highest BCUT2D eigenvalue weighted by molar-refractivity contribution is 8.01. The number of hydrogen-bond acceptors (Lipinski definition) is 4. The van der Waals surface area contributed by atoms with Gasteiger partial charge in [0.2, 0.25) is 0 Å². The quantitative estimate of drug-likeness (QED) is 0.790. The van der Waals surface area contributed by atoms with Crippen LogP contribution in [0.1, 0.15) is 29.6 Å². The first-order chi connectivity index (χ1) is 13.6. The van der Waals surface area contributed by atoms with Crippen molar-refractivity contribution in [2.24, 2.45) is 13.0 Å². The van der Waals surface area contributed by atoms with Gasteiger partial charge < -0.3 is 18.9 Å². The Morgan fingerprint density at radius 1 is 1.29 bits per heavy atom. The Kier molecular flexibility index (Phi) is 4.89. The molecule has 3 aliphatic rings. The zero-order chi connectivity index (χ0) is 19.1. The lowest BCUT2D eigenvalue weighted by atomic mass is 9.92. The van der Waals surface area contributed by atoms with Gasteiger partial charge in [-0.05, 0) is 49.4 Å². The Morgan fingerprint density at radius 2 is 2.11 bits per heavy atom. The summed E-state index contributed by atoms with van der Waals surface area (Å²) < 4.78 is 13.9. The molecule has 4 heterocycles. The lowest BCUT2D eigenvalue weighted by Crippen LogP contribution is -2.60. The number of carbonyl (C=O) groups excluding carboxylic acids is 1. The van der Waals surface area contributed by atoms with Crippen molar-refractivity contribution < 1.29 is 14.3 Å². The summed E-state index contributed by atoms with van der Waals surface area (Å²) >= 11 is 2.00. The van der Waals surface area contributed by atoms with E-state index in [-0.39, 0.29) is 10.7 Å². The van der Waals surface area contributed by atoms with E-state index in [1.54, 1.807) is 0 Å². The summed E-state index contributed by atoms with van der Waals surface area (Å²) in [6.45, 7) is 4.32. The van der Waals surface area contributed by atoms with Gasteiger partial charge in [0.15, 0.2) is 0 Å². The molecule has 28 heavy (non-hydrogen) atoms. The van der Waals surface area contributed by atoms with E-state index in [0.29, 0.717) is 12.0 Å². The van der Waals surface area contributed by atoms with Crippen molar-refractivity contribution in [1.82, 2.24) is 9.47 Å². The third-order valence-electron chi connectivity index (χ3n) is 6.46. The van der Waals surface area contributed by atoms with Gasteiger partial charge in [0, 0.05) is 68.4 Å². The minimum atomic E-state index is 0.156. The van der Waals surface area contributed by atoms with Crippen molar-refractivity contribution in [2.45, 2.75) is 30.1 Å². The van der Waals surface area contributed by atoms with E-state index in [1.807, 2.05) is 48.1 Å². The molecule has 1 unspecified atom stereocenters. The van der Waals surface area contributed by atoms with E-state index in [0.717, 1.165) is 74.4 Å². The number of ether oxygens (including phenoxy) is 2. The smallest absolute Gasteiger partial charge is 0.253 e. The van der Waals surface area contributed by atoms with Crippen molar-refractivity contribution in [3.05, 3.63) is 36.0 Å². The Morgan fingerprint density at radius 3 is 2.93 bits per heavy atom. The van der Waals surface area contributed by atoms with Gasteiger partial charge in [0.1, 0.15) is 0 Å². The van der Waals surface area contributed by atoms with Crippen molar-refractivity contribution in [2.75, 3.05) is 38.7 Å². The zero-order valence-corrected chi connectivity index (χ0v) is 17.2. The third kappa shape index (κ3) is 3.46. The first kappa shape index (κ1) is 18.5. The molecule has 1 atom stereocenters. The summed E-state index contributed by atoms with van der Waals surface area (Å²) in [5.74, 6) is 1.87. The first-order valence-electron chi connectivity index (χ1n) is 10.3. The molecule has 0 aliphatic carbocycles. The molecular weight excluding hydrogens is 372 g/mol. The Bertz CT molecular complexity index is 868. The molecule has 3 fully saturated rings. The van der Waals surface area contributed by atoms with Crippen molar-refractivity contribution >= 4 is 28.6 Å². The second kappa shape index (κ2) is 7.39. The molecule has 0 bridgehead atoms. The van der Waals surface area contributed by atoms with Crippen LogP contribution in [0.25, 0.3) is 10.9 Å². The Labute approximate surface area is 170 Å². The molecule has 0 saturated carbocycles. The number of fused-ring (bicyclic) bond motifs is 1. The van der Waals surface area contributed by atoms with Gasteiger partial charge in [-0.25, -0.2) is 0 Å². The molecule has 2 aromatic rings. The zero-order valence-electron chi connectivity index (χ0n) is 16.4. The van der Waals surface area contributed by atoms with Gasteiger partial charge in [0.05, 0.1) is 10.9 Å². The van der Waals surface area contributed by atoms with Gasteiger partial charge >= 0.3 is 0 Å². The molecule has 5 nitrogen and oxygen atoms in total. The maximum atomic E-state index is 12.9. The summed E-state index contributed by atoms with van der Waals surface area (Å²) in [6, 6.07) is 8.08. The van der Waals surface area contributed by atoms with E-state index < -0.39 is 0 Å². The number of thioether (sulfide) groups is 1. The second-order valence-electron chi connectivity index (χ2n) is 8.57. The van der Waals surface area contributed by atoms with Crippen LogP contribution in [0.4, 0.5) is 0 Å². The fourth-order valence-electron chi connectivity index (χ4n) is 4.71. The third-order valence-corrected chi connectivity index (χ3v) is 8.04. The van der Waals surface area contributed by atoms with Crippen molar-refractivity contribution in [3.8, 4) is 0 Å². The first-order valence-corrected chi connectivity index (χ1v) is 11.3. The molecule has 1 aromatic heterocycles. The topological polar surface area (TPSA) is 43.7 Å². The number of rotatable bonds is 4. The highest BCUT2D eigenvalue weighted by atomic mass is 32.2. The van der Waals surface area contributed by atoms with Gasteiger partial charge in [-0.3, -0.25) is 4.79 Å². The lowest BCUT2D eigenvalue weighted by molar-refractivity contribution is -0.0118. The summed E-state index contributed by atoms with van der Waals surface area (Å²) in [5.41, 5.74) is 1.95. The summed E-state index contributed by atoms with van der Waals surface area (Å²) in [5, 5.41) is 1.13. The van der Waals surface area contributed by atoms with E-state index in [1.165, 1.54) is 0 Å². The largest absolute Gasteiger partial charge is 0.381 e. The molecule has 1 amide bonds. The van der Waals surface area contributed by atoms with Crippen LogP contribution in [0.3, 0.4) is 0 Å². The predicted octanol–water partition coefficient (Wildman–Crippen LogP) is 3.32. The normalized spacial score (nSPS) is 24.8. The minimum Gasteiger partial charge on any atom is -0.381 e. The number of nitrogens with zero attached hydrogens (tertiary/aromatic N) is 2. The standard InChI is InChI=1S/C22H28N2O3S/c1-23-7-4-17-10-18(2-3-20(17)23)21(25)24-14-22(15-24)11-19(13-28-22)27-12-16-5-8-26-9-6-16/h2-4,7,10,16,19H,5-6,8-9,11-15H2,1H3. The number of hydrogen-bond donors (Lipinski definition) is 0. The van der Waals surface area contributed by atoms with Crippen LogP contribution in [0, 0.1) is 5.92 Å². The van der Waals surface area contributed by atoms with E-state index in [2.05, 4.69) is 10.6 Å². The summed E-state index contributed by atoms with van der Waals surface area (Å²) in [4.78, 5) is 14.9. The molecule has 0 N–H and O–H groups in total. The Hall–Kier alpha value is -1.50. The number of carbonyl (C=O) groups is 1. The predicted molar refractivity (Wildman–Crippen MR) is 112 cm³/mol. The molecule has 6 heteroatoms. The number of benzene rings is 1. The molecule has 150 valence electrons. The summed E-state index contributed by atoms with van der Waals surface area (Å²) in [6.07, 6.45) is 5.69. The SMILES string of the molecule is Cn1ccc2cc(C(=O)N3CC4(CC(OCC5CCOCC5)CS4)C3)ccc21. The number of likely N-dealkylation sites (tertiary alicyclic amines) is 1. The second-order valence-corrected chi connectivity index (χ2v) is 10.1. The molecule has 1 aromatic carbocycles. The molecule has 1 spiro atoms. The van der Waals surface area contributed by atoms with E-state index >= 15 is 0 Å². The number of aromatic nitrogens is 1. The molecule has 5 rings (SSSR count). The molecule has 3 aliphatic heterocycles. The summed E-state index contributed by atoms with van der Waals surface area (Å²) in [7, 11) is 2.03. The number of aryl methyl sites for hydroxylation is 1. The lowest BCUT2D eigenvalue weighted by Gasteiger charge is -2.47. The van der Waals surface area contributed by atoms with E-state index in [4.69, 9.17) is 9.47 Å². The van der Waals surface area contributed by atoms with Crippen LogP contribution in [-0.4, -0.2) is 64.9 Å². The maximum absolute atomic E-state index is 12.9. The number of amides is 1. The minimum absolute atomic E-state index is 0.156. The van der Waals surface area contributed by atoms with Gasteiger partial charge in [-0.15, -0.1) is 11.8 Å². The van der Waals surface area contributed by atoms with Crippen LogP contribution < -0.4 is 0 Å². The maximum Gasteiger partial charge on any atom is 0.253 e. The monoisotopic (exact) mass is 400 g/mol. The van der Waals surface area contributed by atoms with Gasteiger partial charge in [-0.2, -0.15) is 0 Å². The highest BCUT2D eigenvalue weighted by Gasteiger charge is 2.51. The van der Waals surface area contributed by atoms with Gasteiger partial charge in [0.25, 0.3) is 5.91 Å². The molecular formula is C22H28N2O3S. The van der Waals surface area contributed by atoms with Crippen LogP contribution >= 0.6 is 11.8 Å². The van der Waals surface area contributed by atoms with Crippen LogP contribution in [0.5, 0.6) is 0 Å². The van der Waals surface area contributed by atoms with Crippen LogP contribution in [-0.2, 0) is 16.5 Å².